The first-order valence-corrected chi connectivity index (χ1v) is 10.8. The van der Waals surface area contributed by atoms with Gasteiger partial charge in [0, 0.05) is 29.8 Å². The van der Waals surface area contributed by atoms with Crippen molar-refractivity contribution in [3.8, 4) is 5.75 Å². The fraction of sp³-hybridized carbons (Fsp3) is 0.320. The molecule has 0 aliphatic carbocycles. The van der Waals surface area contributed by atoms with Gasteiger partial charge in [-0.05, 0) is 57.0 Å². The molecule has 0 saturated carbocycles. The molecule has 4 rings (SSSR count). The van der Waals surface area contributed by atoms with Crippen molar-refractivity contribution in [3.63, 3.8) is 0 Å². The minimum Gasteiger partial charge on any atom is -0.487 e. The Kier molecular flexibility index (Phi) is 5.74. The lowest BCUT2D eigenvalue weighted by atomic mass is 10.1. The summed E-state index contributed by atoms with van der Waals surface area (Å²) in [6.45, 7) is 10.8. The Morgan fingerprint density at radius 3 is 2.62 bits per heavy atom. The number of ether oxygens (including phenoxy) is 1. The van der Waals surface area contributed by atoms with Gasteiger partial charge in [-0.15, -0.1) is 0 Å². The Labute approximate surface area is 188 Å². The first-order chi connectivity index (χ1) is 15.2. The quantitative estimate of drug-likeness (QED) is 0.453. The first kappa shape index (κ1) is 21.6. The molecule has 0 radical (unpaired) electrons. The van der Waals surface area contributed by atoms with E-state index in [-0.39, 0.29) is 17.4 Å². The minimum atomic E-state index is -0.243. The molecule has 0 unspecified atom stereocenters. The lowest BCUT2D eigenvalue weighted by molar-refractivity contribution is 0.102. The largest absolute Gasteiger partial charge is 0.487 e. The maximum absolute atomic E-state index is 12.9. The summed E-state index contributed by atoms with van der Waals surface area (Å²) in [5.41, 5.74) is 3.59. The normalized spacial score (nSPS) is 11.8. The van der Waals surface area contributed by atoms with E-state index in [1.54, 1.807) is 6.07 Å². The number of nitrogens with zero attached hydrogens (tertiary/aromatic N) is 4. The summed E-state index contributed by atoms with van der Waals surface area (Å²) in [4.78, 5) is 17.4. The lowest BCUT2D eigenvalue weighted by Crippen LogP contribution is -2.26. The number of rotatable bonds is 6. The van der Waals surface area contributed by atoms with Crippen molar-refractivity contribution < 1.29 is 9.53 Å². The van der Waals surface area contributed by atoms with Crippen LogP contribution in [0.2, 0.25) is 0 Å². The molecule has 7 nitrogen and oxygen atoms in total. The number of carbonyl (C=O) groups is 1. The zero-order valence-electron chi connectivity index (χ0n) is 19.2. The van der Waals surface area contributed by atoms with Crippen molar-refractivity contribution in [1.82, 2.24) is 19.2 Å². The van der Waals surface area contributed by atoms with E-state index in [1.165, 1.54) is 0 Å². The molecule has 3 heterocycles. The summed E-state index contributed by atoms with van der Waals surface area (Å²) in [6, 6.07) is 15.1. The predicted molar refractivity (Wildman–Crippen MR) is 125 cm³/mol. The topological polar surface area (TPSA) is 73.4 Å². The zero-order valence-corrected chi connectivity index (χ0v) is 19.2. The van der Waals surface area contributed by atoms with Gasteiger partial charge in [-0.2, -0.15) is 5.10 Å². The second-order valence-corrected chi connectivity index (χ2v) is 9.16. The number of carbonyl (C=O) groups excluding carboxylic acids is 1. The van der Waals surface area contributed by atoms with E-state index < -0.39 is 0 Å². The molecule has 1 aromatic carbocycles. The van der Waals surface area contributed by atoms with Crippen LogP contribution in [0.1, 0.15) is 62.4 Å². The van der Waals surface area contributed by atoms with Gasteiger partial charge in [0.05, 0.1) is 11.2 Å². The summed E-state index contributed by atoms with van der Waals surface area (Å²) in [7, 11) is 0. The van der Waals surface area contributed by atoms with Crippen LogP contribution in [0, 0.1) is 0 Å². The van der Waals surface area contributed by atoms with Gasteiger partial charge in [-0.1, -0.05) is 26.0 Å². The number of benzene rings is 1. The van der Waals surface area contributed by atoms with Crippen LogP contribution in [-0.4, -0.2) is 25.1 Å². The third kappa shape index (κ3) is 4.66. The molecule has 0 bridgehead atoms. The van der Waals surface area contributed by atoms with Crippen molar-refractivity contribution in [2.45, 2.75) is 52.7 Å². The Bertz CT molecular complexity index is 1210. The van der Waals surface area contributed by atoms with Gasteiger partial charge in [0.1, 0.15) is 18.0 Å². The standard InChI is InChI=1S/C25H29N5O2/c1-17(2)22-14-21(28-30(22)25(3,4)5)24(31)27-18-9-8-10-20(13-18)32-16-19-15-29-12-7-6-11-23(29)26-19/h6-15,17H,16H2,1-5H3,(H,27,31). The Hall–Kier alpha value is -3.61. The fourth-order valence-electron chi connectivity index (χ4n) is 3.53. The van der Waals surface area contributed by atoms with Crippen LogP contribution in [0.5, 0.6) is 5.75 Å². The summed E-state index contributed by atoms with van der Waals surface area (Å²) in [5.74, 6) is 0.676. The van der Waals surface area contributed by atoms with Crippen molar-refractivity contribution >= 4 is 17.2 Å². The molecule has 0 atom stereocenters. The number of imidazole rings is 1. The van der Waals surface area contributed by atoms with Crippen LogP contribution >= 0.6 is 0 Å². The van der Waals surface area contributed by atoms with Crippen LogP contribution < -0.4 is 10.1 Å². The number of anilines is 1. The molecule has 0 spiro atoms. The fourth-order valence-corrected chi connectivity index (χ4v) is 3.53. The van der Waals surface area contributed by atoms with Gasteiger partial charge >= 0.3 is 0 Å². The Balaban J connectivity index is 1.46. The average molecular weight is 432 g/mol. The molecule has 32 heavy (non-hydrogen) atoms. The molecule has 7 heteroatoms. The highest BCUT2D eigenvalue weighted by Gasteiger charge is 2.23. The number of hydrogen-bond donors (Lipinski definition) is 1. The van der Waals surface area contributed by atoms with Gasteiger partial charge in [0.15, 0.2) is 5.69 Å². The minimum absolute atomic E-state index is 0.205. The molecule has 0 fully saturated rings. The first-order valence-electron chi connectivity index (χ1n) is 10.8. The highest BCUT2D eigenvalue weighted by atomic mass is 16.5. The monoisotopic (exact) mass is 431 g/mol. The molecule has 166 valence electrons. The van der Waals surface area contributed by atoms with Crippen LogP contribution in [-0.2, 0) is 12.1 Å². The maximum Gasteiger partial charge on any atom is 0.276 e. The summed E-state index contributed by atoms with van der Waals surface area (Å²) in [5, 5.41) is 7.52. The number of pyridine rings is 1. The van der Waals surface area contributed by atoms with Crippen LogP contribution in [0.15, 0.2) is 60.9 Å². The number of amides is 1. The van der Waals surface area contributed by atoms with Crippen molar-refractivity contribution in [1.29, 1.82) is 0 Å². The number of aromatic nitrogens is 4. The van der Waals surface area contributed by atoms with Crippen LogP contribution in [0.4, 0.5) is 5.69 Å². The molecular formula is C25H29N5O2. The van der Waals surface area contributed by atoms with E-state index in [0.29, 0.717) is 23.7 Å². The van der Waals surface area contributed by atoms with Gasteiger partial charge in [0.2, 0.25) is 0 Å². The maximum atomic E-state index is 12.9. The number of fused-ring (bicyclic) bond motifs is 1. The Morgan fingerprint density at radius 1 is 1.12 bits per heavy atom. The van der Waals surface area contributed by atoms with Crippen LogP contribution in [0.25, 0.3) is 5.65 Å². The van der Waals surface area contributed by atoms with E-state index >= 15 is 0 Å². The van der Waals surface area contributed by atoms with Gasteiger partial charge < -0.3 is 14.5 Å². The number of nitrogens with one attached hydrogen (secondary N) is 1. The highest BCUT2D eigenvalue weighted by Crippen LogP contribution is 2.24. The molecule has 0 saturated heterocycles. The smallest absolute Gasteiger partial charge is 0.276 e. The molecular weight excluding hydrogens is 402 g/mol. The lowest BCUT2D eigenvalue weighted by Gasteiger charge is -2.23. The van der Waals surface area contributed by atoms with E-state index in [1.807, 2.05) is 63.9 Å². The van der Waals surface area contributed by atoms with Crippen molar-refractivity contribution in [2.24, 2.45) is 0 Å². The van der Waals surface area contributed by atoms with Crippen molar-refractivity contribution in [3.05, 3.63) is 78.0 Å². The third-order valence-electron chi connectivity index (χ3n) is 5.09. The second kappa shape index (κ2) is 8.49. The van der Waals surface area contributed by atoms with E-state index in [2.05, 4.69) is 50.0 Å². The second-order valence-electron chi connectivity index (χ2n) is 9.16. The van der Waals surface area contributed by atoms with Gasteiger partial charge in [-0.25, -0.2) is 4.98 Å². The predicted octanol–water partition coefficient (Wildman–Crippen LogP) is 5.24. The Morgan fingerprint density at radius 2 is 1.94 bits per heavy atom. The highest BCUT2D eigenvalue weighted by molar-refractivity contribution is 6.03. The average Bonchev–Trinajstić information content (AvgIpc) is 3.37. The molecule has 3 aromatic heterocycles. The van der Waals surface area contributed by atoms with Gasteiger partial charge in [-0.3, -0.25) is 9.48 Å². The SMILES string of the molecule is CC(C)c1cc(C(=O)Nc2cccc(OCc3cn4ccccc4n3)c2)nn1C(C)(C)C. The molecule has 4 aromatic rings. The van der Waals surface area contributed by atoms with Gasteiger partial charge in [0.25, 0.3) is 5.91 Å². The van der Waals surface area contributed by atoms with E-state index in [4.69, 9.17) is 4.74 Å². The number of hydrogen-bond acceptors (Lipinski definition) is 4. The van der Waals surface area contributed by atoms with E-state index in [9.17, 15) is 4.79 Å². The molecule has 1 N–H and O–H groups in total. The van der Waals surface area contributed by atoms with E-state index in [0.717, 1.165) is 17.0 Å². The summed E-state index contributed by atoms with van der Waals surface area (Å²) < 4.78 is 9.79. The molecule has 0 aliphatic rings. The summed E-state index contributed by atoms with van der Waals surface area (Å²) >= 11 is 0. The molecule has 1 amide bonds. The van der Waals surface area contributed by atoms with Crippen LogP contribution in [0.3, 0.4) is 0 Å². The van der Waals surface area contributed by atoms with Crippen molar-refractivity contribution in [2.75, 3.05) is 5.32 Å². The molecule has 0 aliphatic heterocycles. The zero-order chi connectivity index (χ0) is 22.9. The summed E-state index contributed by atoms with van der Waals surface area (Å²) in [6.07, 6.45) is 3.90. The third-order valence-corrected chi connectivity index (χ3v) is 5.09.